The summed E-state index contributed by atoms with van der Waals surface area (Å²) < 4.78 is 17.9. The average Bonchev–Trinajstić information content (AvgIpc) is 2.18. The first kappa shape index (κ1) is 10.9. The predicted octanol–water partition coefficient (Wildman–Crippen LogP) is 1.85. The van der Waals surface area contributed by atoms with Gasteiger partial charge in [0.1, 0.15) is 6.67 Å². The van der Waals surface area contributed by atoms with Crippen molar-refractivity contribution in [2.75, 3.05) is 26.4 Å². The zero-order valence-corrected chi connectivity index (χ0v) is 8.63. The molecule has 1 saturated heterocycles. The lowest BCUT2D eigenvalue weighted by Crippen LogP contribution is -2.43. The SMILES string of the molecule is CCOC1CCN(C(C)CF)CC1. The van der Waals surface area contributed by atoms with Crippen molar-refractivity contribution in [3.63, 3.8) is 0 Å². The Morgan fingerprint density at radius 2 is 2.08 bits per heavy atom. The van der Waals surface area contributed by atoms with Gasteiger partial charge in [0.2, 0.25) is 0 Å². The van der Waals surface area contributed by atoms with Crippen LogP contribution in [-0.2, 0) is 4.74 Å². The number of hydrogen-bond donors (Lipinski definition) is 0. The summed E-state index contributed by atoms with van der Waals surface area (Å²) in [5.41, 5.74) is 0. The predicted molar refractivity (Wildman–Crippen MR) is 51.7 cm³/mol. The second-order valence-corrected chi connectivity index (χ2v) is 3.69. The topological polar surface area (TPSA) is 12.5 Å². The number of likely N-dealkylation sites (tertiary alicyclic amines) is 1. The van der Waals surface area contributed by atoms with Crippen LogP contribution in [0.1, 0.15) is 26.7 Å². The van der Waals surface area contributed by atoms with Gasteiger partial charge in [0, 0.05) is 25.7 Å². The Kier molecular flexibility index (Phi) is 4.67. The third-order valence-corrected chi connectivity index (χ3v) is 2.73. The van der Waals surface area contributed by atoms with Crippen LogP contribution >= 0.6 is 0 Å². The molecule has 1 fully saturated rings. The summed E-state index contributed by atoms with van der Waals surface area (Å²) in [5, 5.41) is 0. The van der Waals surface area contributed by atoms with E-state index in [2.05, 4.69) is 4.90 Å². The maximum Gasteiger partial charge on any atom is 0.105 e. The summed E-state index contributed by atoms with van der Waals surface area (Å²) in [7, 11) is 0. The van der Waals surface area contributed by atoms with Gasteiger partial charge >= 0.3 is 0 Å². The summed E-state index contributed by atoms with van der Waals surface area (Å²) in [6.07, 6.45) is 2.52. The standard InChI is InChI=1S/C10H20FNO/c1-3-13-10-4-6-12(7-5-10)9(2)8-11/h9-10H,3-8H2,1-2H3. The van der Waals surface area contributed by atoms with Crippen molar-refractivity contribution >= 4 is 0 Å². The van der Waals surface area contributed by atoms with Crippen molar-refractivity contribution < 1.29 is 9.13 Å². The van der Waals surface area contributed by atoms with Crippen molar-refractivity contribution in [1.82, 2.24) is 4.90 Å². The fraction of sp³-hybridized carbons (Fsp3) is 1.00. The van der Waals surface area contributed by atoms with E-state index in [9.17, 15) is 4.39 Å². The maximum atomic E-state index is 12.3. The quantitative estimate of drug-likeness (QED) is 0.669. The highest BCUT2D eigenvalue weighted by Crippen LogP contribution is 2.15. The molecule has 1 aliphatic heterocycles. The van der Waals surface area contributed by atoms with Gasteiger partial charge in [-0.2, -0.15) is 0 Å². The molecule has 1 heterocycles. The van der Waals surface area contributed by atoms with Gasteiger partial charge in [-0.1, -0.05) is 0 Å². The van der Waals surface area contributed by atoms with Gasteiger partial charge in [-0.3, -0.25) is 4.90 Å². The average molecular weight is 189 g/mol. The molecule has 1 rings (SSSR count). The van der Waals surface area contributed by atoms with E-state index in [1.807, 2.05) is 13.8 Å². The first-order valence-electron chi connectivity index (χ1n) is 5.19. The van der Waals surface area contributed by atoms with Crippen LogP contribution in [0.4, 0.5) is 4.39 Å². The molecule has 0 aromatic carbocycles. The first-order chi connectivity index (χ1) is 6.27. The molecule has 1 aliphatic rings. The lowest BCUT2D eigenvalue weighted by Gasteiger charge is -2.34. The number of piperidine rings is 1. The van der Waals surface area contributed by atoms with Gasteiger partial charge in [-0.25, -0.2) is 4.39 Å². The third kappa shape index (κ3) is 3.24. The first-order valence-corrected chi connectivity index (χ1v) is 5.19. The van der Waals surface area contributed by atoms with Crippen LogP contribution < -0.4 is 0 Å². The molecule has 1 atom stereocenters. The number of nitrogens with zero attached hydrogens (tertiary/aromatic N) is 1. The van der Waals surface area contributed by atoms with Gasteiger partial charge in [-0.15, -0.1) is 0 Å². The van der Waals surface area contributed by atoms with Gasteiger partial charge in [-0.05, 0) is 26.7 Å². The largest absolute Gasteiger partial charge is 0.378 e. The Hall–Kier alpha value is -0.150. The minimum absolute atomic E-state index is 0.0857. The number of hydrogen-bond acceptors (Lipinski definition) is 2. The fourth-order valence-corrected chi connectivity index (χ4v) is 1.82. The third-order valence-electron chi connectivity index (χ3n) is 2.73. The minimum atomic E-state index is -0.237. The van der Waals surface area contributed by atoms with Crippen molar-refractivity contribution in [3.8, 4) is 0 Å². The van der Waals surface area contributed by atoms with Crippen LogP contribution in [-0.4, -0.2) is 43.4 Å². The highest BCUT2D eigenvalue weighted by atomic mass is 19.1. The molecule has 0 aromatic rings. The molecule has 3 heteroatoms. The molecule has 13 heavy (non-hydrogen) atoms. The minimum Gasteiger partial charge on any atom is -0.378 e. The summed E-state index contributed by atoms with van der Waals surface area (Å²) in [4.78, 5) is 2.20. The van der Waals surface area contributed by atoms with Crippen LogP contribution in [0, 0.1) is 0 Å². The molecular formula is C10H20FNO. The molecule has 78 valence electrons. The second-order valence-electron chi connectivity index (χ2n) is 3.69. The molecule has 0 aromatic heterocycles. The van der Waals surface area contributed by atoms with Crippen LogP contribution in [0.5, 0.6) is 0 Å². The van der Waals surface area contributed by atoms with E-state index in [4.69, 9.17) is 4.74 Å². The smallest absolute Gasteiger partial charge is 0.105 e. The number of halogens is 1. The lowest BCUT2D eigenvalue weighted by atomic mass is 10.1. The van der Waals surface area contributed by atoms with Crippen LogP contribution in [0.15, 0.2) is 0 Å². The Labute approximate surface area is 80.1 Å². The summed E-state index contributed by atoms with van der Waals surface area (Å²) in [6.45, 7) is 6.49. The van der Waals surface area contributed by atoms with Crippen LogP contribution in [0.2, 0.25) is 0 Å². The molecule has 2 nitrogen and oxygen atoms in total. The highest BCUT2D eigenvalue weighted by Gasteiger charge is 2.22. The van der Waals surface area contributed by atoms with Crippen LogP contribution in [0.3, 0.4) is 0 Å². The number of rotatable bonds is 4. The van der Waals surface area contributed by atoms with E-state index in [1.54, 1.807) is 0 Å². The Bertz CT molecular complexity index is 135. The molecule has 0 spiro atoms. The van der Waals surface area contributed by atoms with Gasteiger partial charge in [0.25, 0.3) is 0 Å². The Balaban J connectivity index is 2.22. The van der Waals surface area contributed by atoms with Crippen molar-refractivity contribution in [3.05, 3.63) is 0 Å². The Morgan fingerprint density at radius 3 is 2.54 bits per heavy atom. The van der Waals surface area contributed by atoms with Gasteiger partial charge in [0.05, 0.1) is 6.10 Å². The molecule has 0 saturated carbocycles. The number of ether oxygens (including phenoxy) is 1. The van der Waals surface area contributed by atoms with Gasteiger partial charge < -0.3 is 4.74 Å². The lowest BCUT2D eigenvalue weighted by molar-refractivity contribution is 0.00340. The molecule has 0 bridgehead atoms. The van der Waals surface area contributed by atoms with E-state index in [0.29, 0.717) is 6.10 Å². The molecule has 0 radical (unpaired) electrons. The number of alkyl halides is 1. The molecular weight excluding hydrogens is 169 g/mol. The normalized spacial score (nSPS) is 23.3. The van der Waals surface area contributed by atoms with Crippen molar-refractivity contribution in [1.29, 1.82) is 0 Å². The second kappa shape index (κ2) is 5.55. The van der Waals surface area contributed by atoms with Crippen molar-refractivity contribution in [2.45, 2.75) is 38.8 Å². The van der Waals surface area contributed by atoms with E-state index in [1.165, 1.54) is 0 Å². The van der Waals surface area contributed by atoms with Crippen molar-refractivity contribution in [2.24, 2.45) is 0 Å². The Morgan fingerprint density at radius 1 is 1.46 bits per heavy atom. The zero-order chi connectivity index (χ0) is 9.68. The highest BCUT2D eigenvalue weighted by molar-refractivity contribution is 4.76. The van der Waals surface area contributed by atoms with Crippen LogP contribution in [0.25, 0.3) is 0 Å². The summed E-state index contributed by atoms with van der Waals surface area (Å²) in [6, 6.07) is 0.0857. The fourth-order valence-electron chi connectivity index (χ4n) is 1.82. The van der Waals surface area contributed by atoms with E-state index >= 15 is 0 Å². The molecule has 0 N–H and O–H groups in total. The monoisotopic (exact) mass is 189 g/mol. The van der Waals surface area contributed by atoms with E-state index in [0.717, 1.165) is 32.5 Å². The zero-order valence-electron chi connectivity index (χ0n) is 8.63. The summed E-state index contributed by atoms with van der Waals surface area (Å²) in [5.74, 6) is 0. The maximum absolute atomic E-state index is 12.3. The van der Waals surface area contributed by atoms with E-state index in [-0.39, 0.29) is 12.7 Å². The molecule has 0 aliphatic carbocycles. The molecule has 1 unspecified atom stereocenters. The van der Waals surface area contributed by atoms with E-state index < -0.39 is 0 Å². The van der Waals surface area contributed by atoms with Gasteiger partial charge in [0.15, 0.2) is 0 Å². The summed E-state index contributed by atoms with van der Waals surface area (Å²) >= 11 is 0. The molecule has 0 amide bonds.